The van der Waals surface area contributed by atoms with E-state index in [0.717, 1.165) is 30.0 Å². The van der Waals surface area contributed by atoms with Crippen LogP contribution in [0.2, 0.25) is 0 Å². The molecule has 17 heavy (non-hydrogen) atoms. The van der Waals surface area contributed by atoms with Gasteiger partial charge in [-0.3, -0.25) is 0 Å². The molecule has 86 valence electrons. The van der Waals surface area contributed by atoms with E-state index in [9.17, 15) is 0 Å². The Bertz CT molecular complexity index is 578. The second kappa shape index (κ2) is 3.73. The molecule has 4 nitrogen and oxygen atoms in total. The summed E-state index contributed by atoms with van der Waals surface area (Å²) in [5.41, 5.74) is 10.2. The van der Waals surface area contributed by atoms with Crippen molar-refractivity contribution in [2.24, 2.45) is 0 Å². The molecule has 3 N–H and O–H groups in total. The van der Waals surface area contributed by atoms with E-state index in [1.807, 2.05) is 12.1 Å². The van der Waals surface area contributed by atoms with Crippen LogP contribution >= 0.6 is 0 Å². The second-order valence-corrected chi connectivity index (χ2v) is 4.25. The van der Waals surface area contributed by atoms with Crippen molar-refractivity contribution >= 4 is 11.8 Å². The van der Waals surface area contributed by atoms with E-state index in [2.05, 4.69) is 34.3 Å². The number of fused-ring (bicyclic) bond motifs is 1. The van der Waals surface area contributed by atoms with Gasteiger partial charge in [0.1, 0.15) is 5.82 Å². The van der Waals surface area contributed by atoms with Crippen molar-refractivity contribution in [3.63, 3.8) is 0 Å². The van der Waals surface area contributed by atoms with Crippen molar-refractivity contribution in [2.75, 3.05) is 17.6 Å². The Balaban J connectivity index is 2.25. The topological polar surface area (TPSA) is 63.8 Å². The largest absolute Gasteiger partial charge is 0.369 e. The Morgan fingerprint density at radius 2 is 2.06 bits per heavy atom. The zero-order chi connectivity index (χ0) is 11.8. The average molecular weight is 226 g/mol. The summed E-state index contributed by atoms with van der Waals surface area (Å²) < 4.78 is 0. The molecule has 2 heterocycles. The first-order valence-corrected chi connectivity index (χ1v) is 5.72. The number of hydrogen-bond donors (Lipinski definition) is 2. The number of nitrogens with zero attached hydrogens (tertiary/aromatic N) is 2. The molecule has 4 heteroatoms. The highest BCUT2D eigenvalue weighted by Gasteiger charge is 2.19. The number of nitrogens with one attached hydrogen (secondary N) is 1. The van der Waals surface area contributed by atoms with Crippen LogP contribution in [0.3, 0.4) is 0 Å². The molecule has 0 spiro atoms. The van der Waals surface area contributed by atoms with E-state index < -0.39 is 0 Å². The van der Waals surface area contributed by atoms with Crippen molar-refractivity contribution in [1.82, 2.24) is 9.97 Å². The molecule has 2 aromatic rings. The van der Waals surface area contributed by atoms with Gasteiger partial charge in [-0.05, 0) is 18.9 Å². The highest BCUT2D eigenvalue weighted by Crippen LogP contribution is 2.32. The third kappa shape index (κ3) is 1.62. The van der Waals surface area contributed by atoms with Crippen LogP contribution in [0, 0.1) is 6.92 Å². The number of benzene rings is 1. The number of nitrogen functional groups attached to an aromatic ring is 1. The quantitative estimate of drug-likeness (QED) is 0.780. The first-order valence-electron chi connectivity index (χ1n) is 5.72. The number of anilines is 2. The summed E-state index contributed by atoms with van der Waals surface area (Å²) in [6.07, 6.45) is 0.958. The van der Waals surface area contributed by atoms with E-state index in [1.165, 1.54) is 11.1 Å². The van der Waals surface area contributed by atoms with Gasteiger partial charge in [-0.2, -0.15) is 4.98 Å². The molecular formula is C13H14N4. The van der Waals surface area contributed by atoms with Gasteiger partial charge < -0.3 is 11.1 Å². The minimum atomic E-state index is 0.330. The Kier molecular flexibility index (Phi) is 2.21. The van der Waals surface area contributed by atoms with Crippen LogP contribution in [-0.2, 0) is 6.42 Å². The number of aryl methyl sites for hydroxylation is 1. The van der Waals surface area contributed by atoms with Gasteiger partial charge in [0, 0.05) is 17.7 Å². The highest BCUT2D eigenvalue weighted by atomic mass is 15.1. The molecule has 0 fully saturated rings. The molecule has 0 saturated carbocycles. The Morgan fingerprint density at radius 3 is 2.88 bits per heavy atom. The minimum Gasteiger partial charge on any atom is -0.369 e. The van der Waals surface area contributed by atoms with Crippen LogP contribution < -0.4 is 11.1 Å². The maximum atomic E-state index is 5.76. The van der Waals surface area contributed by atoms with Gasteiger partial charge in [0.2, 0.25) is 5.95 Å². The predicted molar refractivity (Wildman–Crippen MR) is 68.8 cm³/mol. The first kappa shape index (κ1) is 10.1. The number of hydrogen-bond acceptors (Lipinski definition) is 4. The fourth-order valence-corrected chi connectivity index (χ4v) is 2.25. The van der Waals surface area contributed by atoms with Gasteiger partial charge in [-0.15, -0.1) is 0 Å². The lowest BCUT2D eigenvalue weighted by molar-refractivity contribution is 1.09. The Labute approximate surface area is 99.9 Å². The minimum absolute atomic E-state index is 0.330. The molecular weight excluding hydrogens is 212 g/mol. The van der Waals surface area contributed by atoms with Crippen LogP contribution in [0.5, 0.6) is 0 Å². The predicted octanol–water partition coefficient (Wildman–Crippen LogP) is 2.00. The Hall–Kier alpha value is -2.10. The standard InChI is InChI=1S/C13H14N4/c1-8-4-2-3-5-9(8)11-10-6-7-15-12(10)17-13(14)16-11/h2-5H,6-7H2,1H3,(H3,14,15,16,17). The molecule has 1 aromatic heterocycles. The summed E-state index contributed by atoms with van der Waals surface area (Å²) in [4.78, 5) is 8.63. The lowest BCUT2D eigenvalue weighted by Gasteiger charge is -2.10. The molecule has 0 bridgehead atoms. The maximum Gasteiger partial charge on any atom is 0.222 e. The monoisotopic (exact) mass is 226 g/mol. The van der Waals surface area contributed by atoms with Gasteiger partial charge in [0.25, 0.3) is 0 Å². The molecule has 0 atom stereocenters. The summed E-state index contributed by atoms with van der Waals surface area (Å²) in [7, 11) is 0. The molecule has 0 saturated heterocycles. The number of aromatic nitrogens is 2. The highest BCUT2D eigenvalue weighted by molar-refractivity contribution is 5.73. The summed E-state index contributed by atoms with van der Waals surface area (Å²) >= 11 is 0. The third-order valence-corrected chi connectivity index (χ3v) is 3.09. The SMILES string of the molecule is Cc1ccccc1-c1nc(N)nc2c1CCN2. The van der Waals surface area contributed by atoms with E-state index in [0.29, 0.717) is 5.95 Å². The summed E-state index contributed by atoms with van der Waals surface area (Å²) in [5, 5.41) is 3.24. The maximum absolute atomic E-state index is 5.76. The van der Waals surface area contributed by atoms with Crippen LogP contribution in [-0.4, -0.2) is 16.5 Å². The Morgan fingerprint density at radius 1 is 1.24 bits per heavy atom. The van der Waals surface area contributed by atoms with Gasteiger partial charge >= 0.3 is 0 Å². The van der Waals surface area contributed by atoms with Crippen LogP contribution in [0.25, 0.3) is 11.3 Å². The summed E-state index contributed by atoms with van der Waals surface area (Å²) in [5.74, 6) is 1.21. The summed E-state index contributed by atoms with van der Waals surface area (Å²) in [6.45, 7) is 2.99. The van der Waals surface area contributed by atoms with E-state index >= 15 is 0 Å². The second-order valence-electron chi connectivity index (χ2n) is 4.25. The number of nitrogens with two attached hydrogens (primary N) is 1. The van der Waals surface area contributed by atoms with Crippen molar-refractivity contribution < 1.29 is 0 Å². The van der Waals surface area contributed by atoms with Gasteiger partial charge in [0.05, 0.1) is 5.69 Å². The normalized spacial score (nSPS) is 13.2. The van der Waals surface area contributed by atoms with Gasteiger partial charge in [-0.1, -0.05) is 24.3 Å². The molecule has 1 aromatic carbocycles. The molecule has 0 amide bonds. The molecule has 0 radical (unpaired) electrons. The van der Waals surface area contributed by atoms with E-state index in [1.54, 1.807) is 0 Å². The van der Waals surface area contributed by atoms with E-state index in [4.69, 9.17) is 5.73 Å². The lowest BCUT2D eigenvalue weighted by atomic mass is 10.0. The van der Waals surface area contributed by atoms with Crippen LogP contribution in [0.15, 0.2) is 24.3 Å². The van der Waals surface area contributed by atoms with Crippen molar-refractivity contribution in [2.45, 2.75) is 13.3 Å². The van der Waals surface area contributed by atoms with Crippen molar-refractivity contribution in [1.29, 1.82) is 0 Å². The third-order valence-electron chi connectivity index (χ3n) is 3.09. The van der Waals surface area contributed by atoms with Gasteiger partial charge in [-0.25, -0.2) is 4.98 Å². The smallest absolute Gasteiger partial charge is 0.222 e. The zero-order valence-corrected chi connectivity index (χ0v) is 9.70. The fraction of sp³-hybridized carbons (Fsp3) is 0.231. The first-order chi connectivity index (χ1) is 8.25. The van der Waals surface area contributed by atoms with Crippen LogP contribution in [0.1, 0.15) is 11.1 Å². The van der Waals surface area contributed by atoms with Crippen LogP contribution in [0.4, 0.5) is 11.8 Å². The number of rotatable bonds is 1. The van der Waals surface area contributed by atoms with Crippen molar-refractivity contribution in [3.8, 4) is 11.3 Å². The average Bonchev–Trinajstić information content (AvgIpc) is 2.76. The molecule has 1 aliphatic rings. The molecule has 1 aliphatic heterocycles. The lowest BCUT2D eigenvalue weighted by Crippen LogP contribution is -2.02. The summed E-state index contributed by atoms with van der Waals surface area (Å²) in [6, 6.07) is 8.22. The van der Waals surface area contributed by atoms with Gasteiger partial charge in [0.15, 0.2) is 0 Å². The fourth-order valence-electron chi connectivity index (χ4n) is 2.25. The molecule has 3 rings (SSSR count). The van der Waals surface area contributed by atoms with Crippen molar-refractivity contribution in [3.05, 3.63) is 35.4 Å². The van der Waals surface area contributed by atoms with E-state index in [-0.39, 0.29) is 0 Å². The zero-order valence-electron chi connectivity index (χ0n) is 9.70. The molecule has 0 aliphatic carbocycles. The molecule has 0 unspecified atom stereocenters.